The third kappa shape index (κ3) is 3.25. The minimum atomic E-state index is 0.544. The van der Waals surface area contributed by atoms with Crippen molar-refractivity contribution < 1.29 is 0 Å². The van der Waals surface area contributed by atoms with E-state index in [-0.39, 0.29) is 0 Å². The number of fused-ring (bicyclic) bond motifs is 1. The molecule has 0 aromatic carbocycles. The molecule has 2 heterocycles. The zero-order chi connectivity index (χ0) is 14.8. The zero-order valence-corrected chi connectivity index (χ0v) is 14.4. The van der Waals surface area contributed by atoms with Gasteiger partial charge in [-0.2, -0.15) is 0 Å². The maximum Gasteiger partial charge on any atom is 0.186 e. The summed E-state index contributed by atoms with van der Waals surface area (Å²) in [5.41, 5.74) is 1.36. The number of thiazole rings is 1. The van der Waals surface area contributed by atoms with Gasteiger partial charge in [0.2, 0.25) is 0 Å². The first-order chi connectivity index (χ1) is 10.2. The van der Waals surface area contributed by atoms with Crippen LogP contribution in [-0.2, 0) is 6.42 Å². The van der Waals surface area contributed by atoms with E-state index in [4.69, 9.17) is 4.98 Å². The van der Waals surface area contributed by atoms with Crippen LogP contribution in [0.15, 0.2) is 0 Å². The smallest absolute Gasteiger partial charge is 0.186 e. The summed E-state index contributed by atoms with van der Waals surface area (Å²) in [6.45, 7) is 9.07. The molecule has 4 nitrogen and oxygen atoms in total. The summed E-state index contributed by atoms with van der Waals surface area (Å²) in [6.07, 6.45) is 4.91. The third-order valence-electron chi connectivity index (χ3n) is 4.66. The van der Waals surface area contributed by atoms with Gasteiger partial charge in [0.05, 0.1) is 5.69 Å². The first-order valence-corrected chi connectivity index (χ1v) is 9.19. The molecular weight excluding hydrogens is 280 g/mol. The average molecular weight is 308 g/mol. The molecule has 2 atom stereocenters. The maximum absolute atomic E-state index is 4.99. The summed E-state index contributed by atoms with van der Waals surface area (Å²) in [6, 6.07) is 1.11. The Morgan fingerprint density at radius 1 is 1.38 bits per heavy atom. The second-order valence-corrected chi connectivity index (χ2v) is 7.52. The van der Waals surface area contributed by atoms with E-state index in [9.17, 15) is 0 Å². The molecule has 118 valence electrons. The van der Waals surface area contributed by atoms with Crippen molar-refractivity contribution in [3.63, 3.8) is 0 Å². The van der Waals surface area contributed by atoms with Crippen LogP contribution in [0.3, 0.4) is 0 Å². The monoisotopic (exact) mass is 308 g/mol. The van der Waals surface area contributed by atoms with Gasteiger partial charge in [-0.25, -0.2) is 4.98 Å². The second kappa shape index (κ2) is 6.63. The number of anilines is 1. The van der Waals surface area contributed by atoms with E-state index in [1.807, 2.05) is 11.3 Å². The van der Waals surface area contributed by atoms with Crippen LogP contribution >= 0.6 is 11.3 Å². The first-order valence-electron chi connectivity index (χ1n) is 8.37. The maximum atomic E-state index is 4.99. The van der Waals surface area contributed by atoms with Crippen molar-refractivity contribution in [3.05, 3.63) is 10.6 Å². The largest absolute Gasteiger partial charge is 0.343 e. The van der Waals surface area contributed by atoms with Crippen LogP contribution in [-0.4, -0.2) is 49.2 Å². The molecule has 1 saturated heterocycles. The number of hydrogen-bond acceptors (Lipinski definition) is 5. The van der Waals surface area contributed by atoms with Crippen molar-refractivity contribution in [1.29, 1.82) is 0 Å². The van der Waals surface area contributed by atoms with Gasteiger partial charge >= 0.3 is 0 Å². The normalized spacial score (nSPS) is 26.9. The molecule has 0 bridgehead atoms. The number of likely N-dealkylation sites (N-methyl/N-ethyl adjacent to an activating group) is 1. The minimum Gasteiger partial charge on any atom is -0.343 e. The highest BCUT2D eigenvalue weighted by Crippen LogP contribution is 2.38. The third-order valence-corrected chi connectivity index (χ3v) is 5.90. The summed E-state index contributed by atoms with van der Waals surface area (Å²) in [5.74, 6) is 0. The molecule has 1 aromatic rings. The van der Waals surface area contributed by atoms with Crippen molar-refractivity contribution in [3.8, 4) is 0 Å². The van der Waals surface area contributed by atoms with Gasteiger partial charge in [-0.1, -0.05) is 18.3 Å². The molecule has 1 N–H and O–H groups in total. The van der Waals surface area contributed by atoms with Crippen molar-refractivity contribution in [1.82, 2.24) is 15.2 Å². The van der Waals surface area contributed by atoms with Gasteiger partial charge in [0.1, 0.15) is 0 Å². The Hall–Kier alpha value is -0.650. The van der Waals surface area contributed by atoms with Crippen LogP contribution in [0.2, 0.25) is 0 Å². The molecule has 21 heavy (non-hydrogen) atoms. The van der Waals surface area contributed by atoms with Crippen LogP contribution in [0, 0.1) is 0 Å². The SMILES string of the molecule is CCCNC1CCCc2nc(N3CCN(C)CC3C)sc21. The van der Waals surface area contributed by atoms with Crippen molar-refractivity contribution in [2.75, 3.05) is 38.1 Å². The highest BCUT2D eigenvalue weighted by atomic mass is 32.1. The fourth-order valence-electron chi connectivity index (χ4n) is 3.47. The summed E-state index contributed by atoms with van der Waals surface area (Å²) in [5, 5.41) is 4.96. The molecule has 0 radical (unpaired) electrons. The summed E-state index contributed by atoms with van der Waals surface area (Å²) >= 11 is 1.94. The van der Waals surface area contributed by atoms with Crippen molar-refractivity contribution in [2.24, 2.45) is 0 Å². The molecule has 1 aliphatic heterocycles. The Morgan fingerprint density at radius 3 is 3.00 bits per heavy atom. The number of piperazine rings is 1. The van der Waals surface area contributed by atoms with Gasteiger partial charge in [0.25, 0.3) is 0 Å². The molecular formula is C16H28N4S. The Morgan fingerprint density at radius 2 is 2.24 bits per heavy atom. The topological polar surface area (TPSA) is 31.4 Å². The minimum absolute atomic E-state index is 0.544. The van der Waals surface area contributed by atoms with Gasteiger partial charge in [-0.05, 0) is 46.2 Å². The number of nitrogens with one attached hydrogen (secondary N) is 1. The second-order valence-electron chi connectivity index (χ2n) is 6.51. The molecule has 0 amide bonds. The lowest BCUT2D eigenvalue weighted by molar-refractivity contribution is 0.275. The Bertz CT molecular complexity index is 473. The molecule has 1 fully saturated rings. The highest BCUT2D eigenvalue weighted by Gasteiger charge is 2.29. The van der Waals surface area contributed by atoms with E-state index < -0.39 is 0 Å². The lowest BCUT2D eigenvalue weighted by Gasteiger charge is -2.38. The van der Waals surface area contributed by atoms with Gasteiger partial charge < -0.3 is 15.1 Å². The zero-order valence-electron chi connectivity index (χ0n) is 13.6. The lowest BCUT2D eigenvalue weighted by Crippen LogP contribution is -2.50. The van der Waals surface area contributed by atoms with Gasteiger partial charge in [-0.15, -0.1) is 0 Å². The fourth-order valence-corrected chi connectivity index (χ4v) is 4.82. The van der Waals surface area contributed by atoms with Crippen LogP contribution in [0.5, 0.6) is 0 Å². The Balaban J connectivity index is 1.78. The summed E-state index contributed by atoms with van der Waals surface area (Å²) in [4.78, 5) is 11.4. The quantitative estimate of drug-likeness (QED) is 0.926. The van der Waals surface area contributed by atoms with Crippen LogP contribution < -0.4 is 10.2 Å². The summed E-state index contributed by atoms with van der Waals surface area (Å²) < 4.78 is 0. The molecule has 0 spiro atoms. The molecule has 5 heteroatoms. The average Bonchev–Trinajstić information content (AvgIpc) is 2.89. The van der Waals surface area contributed by atoms with Crippen LogP contribution in [0.1, 0.15) is 49.7 Å². The van der Waals surface area contributed by atoms with Crippen molar-refractivity contribution in [2.45, 2.75) is 51.6 Å². The molecule has 1 aliphatic carbocycles. The highest BCUT2D eigenvalue weighted by molar-refractivity contribution is 7.15. The molecule has 3 rings (SSSR count). The van der Waals surface area contributed by atoms with Crippen LogP contribution in [0.4, 0.5) is 5.13 Å². The van der Waals surface area contributed by atoms with E-state index in [2.05, 4.69) is 36.0 Å². The molecule has 0 saturated carbocycles. The van der Waals surface area contributed by atoms with E-state index in [0.29, 0.717) is 12.1 Å². The Kier molecular flexibility index (Phi) is 4.82. The Labute approximate surface area is 132 Å². The molecule has 2 unspecified atom stereocenters. The van der Waals surface area contributed by atoms with E-state index in [1.54, 1.807) is 0 Å². The number of aromatic nitrogens is 1. The van der Waals surface area contributed by atoms with E-state index in [0.717, 1.165) is 32.6 Å². The predicted octanol–water partition coefficient (Wildman–Crippen LogP) is 2.66. The number of hydrogen-bond donors (Lipinski definition) is 1. The number of aryl methyl sites for hydroxylation is 1. The molecule has 1 aromatic heterocycles. The standard InChI is InChI=1S/C16H28N4S/c1-4-8-17-13-6-5-7-14-15(13)21-16(18-14)20-10-9-19(3)11-12(20)2/h12-13,17H,4-11H2,1-3H3. The first kappa shape index (κ1) is 15.3. The van der Waals surface area contributed by atoms with Gasteiger partial charge in [0.15, 0.2) is 5.13 Å². The number of nitrogens with zero attached hydrogens (tertiary/aromatic N) is 3. The summed E-state index contributed by atoms with van der Waals surface area (Å²) in [7, 11) is 2.21. The van der Waals surface area contributed by atoms with E-state index in [1.165, 1.54) is 35.0 Å². The van der Waals surface area contributed by atoms with Gasteiger partial charge in [-0.3, -0.25) is 0 Å². The predicted molar refractivity (Wildman–Crippen MR) is 90.4 cm³/mol. The van der Waals surface area contributed by atoms with Crippen LogP contribution in [0.25, 0.3) is 0 Å². The number of rotatable bonds is 4. The van der Waals surface area contributed by atoms with Gasteiger partial charge in [0, 0.05) is 36.6 Å². The molecule has 2 aliphatic rings. The fraction of sp³-hybridized carbons (Fsp3) is 0.812. The van der Waals surface area contributed by atoms with E-state index >= 15 is 0 Å². The lowest BCUT2D eigenvalue weighted by atomic mass is 9.98. The van der Waals surface area contributed by atoms with Crippen molar-refractivity contribution >= 4 is 16.5 Å².